The number of hydrogen-bond donors (Lipinski definition) is 2. The molecule has 0 radical (unpaired) electrons. The largest absolute Gasteiger partial charge is 0.398 e. The molecule has 2 amide bonds. The van der Waals surface area contributed by atoms with Crippen molar-refractivity contribution in [2.45, 2.75) is 6.42 Å². The number of benzene rings is 1. The van der Waals surface area contributed by atoms with E-state index in [9.17, 15) is 9.59 Å². The molecule has 0 aliphatic rings. The van der Waals surface area contributed by atoms with Gasteiger partial charge in [0.2, 0.25) is 5.91 Å². The maximum atomic E-state index is 11.7. The summed E-state index contributed by atoms with van der Waals surface area (Å²) in [6.45, 7) is 0.310. The highest BCUT2D eigenvalue weighted by Gasteiger charge is 2.09. The topological polar surface area (TPSA) is 75.4 Å². The van der Waals surface area contributed by atoms with Gasteiger partial charge in [0.25, 0.3) is 5.91 Å². The van der Waals surface area contributed by atoms with Crippen LogP contribution >= 0.6 is 12.4 Å². The van der Waals surface area contributed by atoms with Gasteiger partial charge in [-0.1, -0.05) is 12.1 Å². The molecule has 0 unspecified atom stereocenters. The zero-order valence-electron chi connectivity index (χ0n) is 10.5. The number of halogens is 1. The SMILES string of the molecule is CN(C)C(=O)CCNC(=O)c1ccccc1N.Cl. The highest BCUT2D eigenvalue weighted by molar-refractivity contribution is 5.99. The molecule has 3 N–H and O–H groups in total. The van der Waals surface area contributed by atoms with Crippen LogP contribution in [0.5, 0.6) is 0 Å². The van der Waals surface area contributed by atoms with Crippen LogP contribution in [0.15, 0.2) is 24.3 Å². The number of rotatable bonds is 4. The normalized spacial score (nSPS) is 9.22. The summed E-state index contributed by atoms with van der Waals surface area (Å²) in [5.41, 5.74) is 6.53. The molecule has 0 heterocycles. The minimum atomic E-state index is -0.255. The number of carbonyl (C=O) groups excluding carboxylic acids is 2. The third-order valence-electron chi connectivity index (χ3n) is 2.33. The van der Waals surface area contributed by atoms with Crippen LogP contribution in [0, 0.1) is 0 Å². The molecule has 0 aliphatic carbocycles. The second-order valence-electron chi connectivity index (χ2n) is 3.88. The van der Waals surface area contributed by atoms with E-state index in [-0.39, 0.29) is 30.6 Å². The molecule has 0 aromatic heterocycles. The van der Waals surface area contributed by atoms with Gasteiger partial charge in [-0.25, -0.2) is 0 Å². The Morgan fingerprint density at radius 2 is 1.89 bits per heavy atom. The van der Waals surface area contributed by atoms with Crippen molar-refractivity contribution in [2.24, 2.45) is 0 Å². The number of anilines is 1. The number of carbonyl (C=O) groups is 2. The summed E-state index contributed by atoms with van der Waals surface area (Å²) in [4.78, 5) is 24.5. The fourth-order valence-corrected chi connectivity index (χ4v) is 1.31. The van der Waals surface area contributed by atoms with E-state index < -0.39 is 0 Å². The Morgan fingerprint density at radius 1 is 1.28 bits per heavy atom. The summed E-state index contributed by atoms with van der Waals surface area (Å²) < 4.78 is 0. The van der Waals surface area contributed by atoms with Gasteiger partial charge in [-0.15, -0.1) is 12.4 Å². The molecule has 0 fully saturated rings. The van der Waals surface area contributed by atoms with Gasteiger partial charge in [0.15, 0.2) is 0 Å². The second-order valence-corrected chi connectivity index (χ2v) is 3.88. The van der Waals surface area contributed by atoms with Crippen molar-refractivity contribution in [3.8, 4) is 0 Å². The fraction of sp³-hybridized carbons (Fsp3) is 0.333. The van der Waals surface area contributed by atoms with Crippen molar-refractivity contribution in [1.82, 2.24) is 10.2 Å². The van der Waals surface area contributed by atoms with Crippen LogP contribution in [0.1, 0.15) is 16.8 Å². The highest BCUT2D eigenvalue weighted by Crippen LogP contribution is 2.09. The highest BCUT2D eigenvalue weighted by atomic mass is 35.5. The molecule has 0 saturated carbocycles. The Morgan fingerprint density at radius 3 is 2.44 bits per heavy atom. The maximum absolute atomic E-state index is 11.7. The van der Waals surface area contributed by atoms with Gasteiger partial charge in [-0.2, -0.15) is 0 Å². The van der Waals surface area contributed by atoms with Gasteiger partial charge in [0.05, 0.1) is 5.56 Å². The summed E-state index contributed by atoms with van der Waals surface area (Å²) in [6, 6.07) is 6.83. The molecule has 1 rings (SSSR count). The lowest BCUT2D eigenvalue weighted by Gasteiger charge is -2.11. The van der Waals surface area contributed by atoms with Crippen LogP contribution in [0.25, 0.3) is 0 Å². The van der Waals surface area contributed by atoms with Gasteiger partial charge >= 0.3 is 0 Å². The lowest BCUT2D eigenvalue weighted by Crippen LogP contribution is -2.30. The molecule has 1 aromatic rings. The molecule has 0 bridgehead atoms. The number of nitrogens with zero attached hydrogens (tertiary/aromatic N) is 1. The van der Waals surface area contributed by atoms with Gasteiger partial charge < -0.3 is 16.0 Å². The lowest BCUT2D eigenvalue weighted by molar-refractivity contribution is -0.128. The number of nitrogen functional groups attached to an aromatic ring is 1. The molecule has 0 saturated heterocycles. The molecular weight excluding hydrogens is 254 g/mol. The Bertz CT molecular complexity index is 422. The van der Waals surface area contributed by atoms with E-state index in [1.54, 1.807) is 38.4 Å². The summed E-state index contributed by atoms with van der Waals surface area (Å²) in [6.07, 6.45) is 0.283. The first-order valence-corrected chi connectivity index (χ1v) is 5.35. The van der Waals surface area contributed by atoms with E-state index >= 15 is 0 Å². The van der Waals surface area contributed by atoms with Crippen LogP contribution in [-0.4, -0.2) is 37.4 Å². The van der Waals surface area contributed by atoms with Crippen molar-refractivity contribution in [3.05, 3.63) is 29.8 Å². The quantitative estimate of drug-likeness (QED) is 0.799. The standard InChI is InChI=1S/C12H17N3O2.ClH/c1-15(2)11(16)7-8-14-12(17)9-5-3-4-6-10(9)13;/h3-6H,7-8,13H2,1-2H3,(H,14,17);1H. The molecular formula is C12H18ClN3O2. The van der Waals surface area contributed by atoms with Crippen LogP contribution in [0.3, 0.4) is 0 Å². The van der Waals surface area contributed by atoms with E-state index in [1.807, 2.05) is 0 Å². The first-order chi connectivity index (χ1) is 8.02. The number of para-hydroxylation sites is 1. The molecule has 0 atom stereocenters. The summed E-state index contributed by atoms with van der Waals surface area (Å²) in [7, 11) is 3.36. The molecule has 0 spiro atoms. The van der Waals surface area contributed by atoms with Crippen molar-refractivity contribution in [1.29, 1.82) is 0 Å². The summed E-state index contributed by atoms with van der Waals surface area (Å²) in [5.74, 6) is -0.277. The number of nitrogens with two attached hydrogens (primary N) is 1. The molecule has 5 nitrogen and oxygen atoms in total. The van der Waals surface area contributed by atoms with E-state index in [0.717, 1.165) is 0 Å². The first kappa shape index (κ1) is 16.2. The third-order valence-corrected chi connectivity index (χ3v) is 2.33. The molecule has 6 heteroatoms. The van der Waals surface area contributed by atoms with Crippen LogP contribution in [0.4, 0.5) is 5.69 Å². The van der Waals surface area contributed by atoms with Gasteiger partial charge in [0.1, 0.15) is 0 Å². The summed E-state index contributed by atoms with van der Waals surface area (Å²) in [5, 5.41) is 2.66. The third kappa shape index (κ3) is 4.63. The second kappa shape index (κ2) is 7.55. The Kier molecular flexibility index (Phi) is 6.82. The predicted molar refractivity (Wildman–Crippen MR) is 73.7 cm³/mol. The average Bonchev–Trinajstić information content (AvgIpc) is 2.29. The zero-order chi connectivity index (χ0) is 12.8. The van der Waals surface area contributed by atoms with Gasteiger partial charge in [-0.05, 0) is 12.1 Å². The van der Waals surface area contributed by atoms with Crippen molar-refractivity contribution < 1.29 is 9.59 Å². The van der Waals surface area contributed by atoms with Crippen molar-refractivity contribution >= 4 is 29.9 Å². The molecule has 0 aliphatic heterocycles. The lowest BCUT2D eigenvalue weighted by atomic mass is 10.1. The maximum Gasteiger partial charge on any atom is 0.253 e. The van der Waals surface area contributed by atoms with Gasteiger partial charge in [0, 0.05) is 32.7 Å². The number of nitrogens with one attached hydrogen (secondary N) is 1. The first-order valence-electron chi connectivity index (χ1n) is 5.35. The Balaban J connectivity index is 0.00000289. The number of hydrogen-bond acceptors (Lipinski definition) is 3. The van der Waals surface area contributed by atoms with Crippen LogP contribution < -0.4 is 11.1 Å². The van der Waals surface area contributed by atoms with E-state index in [2.05, 4.69) is 5.32 Å². The Hall–Kier alpha value is -1.75. The zero-order valence-corrected chi connectivity index (χ0v) is 11.3. The average molecular weight is 272 g/mol. The summed E-state index contributed by atoms with van der Waals surface area (Å²) >= 11 is 0. The van der Waals surface area contributed by atoms with Gasteiger partial charge in [-0.3, -0.25) is 9.59 Å². The minimum absolute atomic E-state index is 0. The van der Waals surface area contributed by atoms with Crippen molar-refractivity contribution in [2.75, 3.05) is 26.4 Å². The smallest absolute Gasteiger partial charge is 0.253 e. The predicted octanol–water partition coefficient (Wildman–Crippen LogP) is 0.899. The number of amides is 2. The van der Waals surface area contributed by atoms with Crippen LogP contribution in [0.2, 0.25) is 0 Å². The molecule has 100 valence electrons. The molecule has 18 heavy (non-hydrogen) atoms. The monoisotopic (exact) mass is 271 g/mol. The van der Waals surface area contributed by atoms with E-state index in [1.165, 1.54) is 4.90 Å². The van der Waals surface area contributed by atoms with E-state index in [4.69, 9.17) is 5.73 Å². The van der Waals surface area contributed by atoms with Crippen LogP contribution in [-0.2, 0) is 4.79 Å². The fourth-order valence-electron chi connectivity index (χ4n) is 1.31. The molecule has 1 aromatic carbocycles. The van der Waals surface area contributed by atoms with E-state index in [0.29, 0.717) is 17.8 Å². The Labute approximate surface area is 113 Å². The minimum Gasteiger partial charge on any atom is -0.398 e. The van der Waals surface area contributed by atoms with Crippen molar-refractivity contribution in [3.63, 3.8) is 0 Å².